The van der Waals surface area contributed by atoms with Gasteiger partial charge in [-0.3, -0.25) is 9.69 Å². The van der Waals surface area contributed by atoms with Gasteiger partial charge in [0.1, 0.15) is 0 Å². The molecule has 0 spiro atoms. The van der Waals surface area contributed by atoms with Crippen molar-refractivity contribution in [3.8, 4) is 0 Å². The van der Waals surface area contributed by atoms with E-state index in [-0.39, 0.29) is 5.91 Å². The van der Waals surface area contributed by atoms with Crippen molar-refractivity contribution in [1.29, 1.82) is 0 Å². The fourth-order valence-electron chi connectivity index (χ4n) is 2.29. The van der Waals surface area contributed by atoms with Gasteiger partial charge in [0.05, 0.1) is 18.5 Å². The van der Waals surface area contributed by atoms with Crippen LogP contribution in [0.15, 0.2) is 0 Å². The number of halogens is 1. The Kier molecular flexibility index (Phi) is 3.99. The van der Waals surface area contributed by atoms with Crippen LogP contribution in [-0.4, -0.2) is 66.5 Å². The van der Waals surface area contributed by atoms with Crippen molar-refractivity contribution >= 4 is 21.8 Å². The molecule has 1 unspecified atom stereocenters. The van der Waals surface area contributed by atoms with Gasteiger partial charge in [0.2, 0.25) is 5.91 Å². The highest BCUT2D eigenvalue weighted by molar-refractivity contribution is 9.09. The average molecular weight is 277 g/mol. The van der Waals surface area contributed by atoms with Gasteiger partial charge >= 0.3 is 0 Å². The fraction of sp³-hybridized carbons (Fsp3) is 0.900. The first-order chi connectivity index (χ1) is 7.31. The van der Waals surface area contributed by atoms with Gasteiger partial charge in [-0.05, 0) is 6.42 Å². The molecule has 2 rings (SSSR count). The second-order valence-electron chi connectivity index (χ2n) is 4.06. The fourth-order valence-corrected chi connectivity index (χ4v) is 2.65. The van der Waals surface area contributed by atoms with E-state index in [4.69, 9.17) is 4.74 Å². The van der Waals surface area contributed by atoms with E-state index in [1.54, 1.807) is 0 Å². The van der Waals surface area contributed by atoms with Gasteiger partial charge in [0.25, 0.3) is 0 Å². The summed E-state index contributed by atoms with van der Waals surface area (Å²) in [5, 5.41) is 0.447. The molecule has 0 radical (unpaired) electrons. The number of carbonyl (C=O) groups is 1. The molecule has 0 aromatic rings. The number of morpholine rings is 1. The summed E-state index contributed by atoms with van der Waals surface area (Å²) >= 11 is 3.22. The van der Waals surface area contributed by atoms with Gasteiger partial charge in [0.15, 0.2) is 0 Å². The summed E-state index contributed by atoms with van der Waals surface area (Å²) in [4.78, 5) is 15.9. The summed E-state index contributed by atoms with van der Waals surface area (Å²) in [6.45, 7) is 5.50. The molecule has 2 heterocycles. The summed E-state index contributed by atoms with van der Waals surface area (Å²) in [6.07, 6.45) is 1.11. The number of likely N-dealkylation sites (tertiary alicyclic amines) is 1. The molecule has 0 aromatic carbocycles. The number of carbonyl (C=O) groups excluding carboxylic acids is 1. The molecule has 2 saturated heterocycles. The van der Waals surface area contributed by atoms with Crippen LogP contribution in [0.3, 0.4) is 0 Å². The second kappa shape index (κ2) is 5.27. The van der Waals surface area contributed by atoms with E-state index in [0.29, 0.717) is 11.4 Å². The summed E-state index contributed by atoms with van der Waals surface area (Å²) in [7, 11) is 0. The molecule has 4 nitrogen and oxygen atoms in total. The summed E-state index contributed by atoms with van der Waals surface area (Å²) in [6, 6.07) is 0.553. The molecule has 15 heavy (non-hydrogen) atoms. The Morgan fingerprint density at radius 3 is 2.73 bits per heavy atom. The van der Waals surface area contributed by atoms with Crippen molar-refractivity contribution in [3.63, 3.8) is 0 Å². The Morgan fingerprint density at radius 2 is 2.07 bits per heavy atom. The van der Waals surface area contributed by atoms with Crippen LogP contribution in [0.2, 0.25) is 0 Å². The Hall–Kier alpha value is -0.130. The SMILES string of the molecule is O=C(CBr)N1CCC(N2CCOCC2)C1. The molecule has 0 N–H and O–H groups in total. The van der Waals surface area contributed by atoms with E-state index in [1.165, 1.54) is 0 Å². The zero-order chi connectivity index (χ0) is 10.7. The predicted molar refractivity (Wildman–Crippen MR) is 61.2 cm³/mol. The van der Waals surface area contributed by atoms with Crippen LogP contribution in [-0.2, 0) is 9.53 Å². The van der Waals surface area contributed by atoms with E-state index in [0.717, 1.165) is 45.8 Å². The Morgan fingerprint density at radius 1 is 1.33 bits per heavy atom. The van der Waals surface area contributed by atoms with Crippen molar-refractivity contribution < 1.29 is 9.53 Å². The summed E-state index contributed by atoms with van der Waals surface area (Å²) in [5.41, 5.74) is 0. The number of amides is 1. The van der Waals surface area contributed by atoms with E-state index < -0.39 is 0 Å². The highest BCUT2D eigenvalue weighted by atomic mass is 79.9. The lowest BCUT2D eigenvalue weighted by molar-refractivity contribution is -0.127. The molecule has 0 saturated carbocycles. The molecule has 86 valence electrons. The maximum Gasteiger partial charge on any atom is 0.233 e. The standard InChI is InChI=1S/C10H17BrN2O2/c11-7-10(14)13-2-1-9(8-13)12-3-5-15-6-4-12/h9H,1-8H2. The van der Waals surface area contributed by atoms with E-state index >= 15 is 0 Å². The van der Waals surface area contributed by atoms with Crippen molar-refractivity contribution in [2.24, 2.45) is 0 Å². The number of hydrogen-bond donors (Lipinski definition) is 0. The summed E-state index contributed by atoms with van der Waals surface area (Å²) in [5.74, 6) is 0.214. The molecular formula is C10H17BrN2O2. The second-order valence-corrected chi connectivity index (χ2v) is 4.62. The van der Waals surface area contributed by atoms with Gasteiger partial charge in [-0.1, -0.05) is 15.9 Å². The Bertz CT molecular complexity index is 231. The van der Waals surface area contributed by atoms with Crippen LogP contribution in [0.4, 0.5) is 0 Å². The number of nitrogens with zero attached hydrogens (tertiary/aromatic N) is 2. The summed E-state index contributed by atoms with van der Waals surface area (Å²) < 4.78 is 5.33. The third kappa shape index (κ3) is 2.71. The van der Waals surface area contributed by atoms with E-state index in [9.17, 15) is 4.79 Å². The smallest absolute Gasteiger partial charge is 0.233 e. The Labute approximate surface area is 98.7 Å². The molecule has 0 aliphatic carbocycles. The third-order valence-electron chi connectivity index (χ3n) is 3.19. The molecule has 2 fully saturated rings. The third-order valence-corrected chi connectivity index (χ3v) is 3.67. The number of hydrogen-bond acceptors (Lipinski definition) is 3. The zero-order valence-electron chi connectivity index (χ0n) is 8.82. The van der Waals surface area contributed by atoms with Crippen LogP contribution in [0.25, 0.3) is 0 Å². The lowest BCUT2D eigenvalue weighted by atomic mass is 10.2. The molecule has 2 aliphatic heterocycles. The normalized spacial score (nSPS) is 28.3. The monoisotopic (exact) mass is 276 g/mol. The maximum atomic E-state index is 11.5. The molecule has 0 bridgehead atoms. The first-order valence-electron chi connectivity index (χ1n) is 5.47. The minimum absolute atomic E-state index is 0.214. The van der Waals surface area contributed by atoms with Gasteiger partial charge in [-0.25, -0.2) is 0 Å². The zero-order valence-corrected chi connectivity index (χ0v) is 10.4. The lowest BCUT2D eigenvalue weighted by Crippen LogP contribution is -2.45. The van der Waals surface area contributed by atoms with E-state index in [2.05, 4.69) is 20.8 Å². The maximum absolute atomic E-state index is 11.5. The van der Waals surface area contributed by atoms with Crippen LogP contribution >= 0.6 is 15.9 Å². The largest absolute Gasteiger partial charge is 0.379 e. The minimum Gasteiger partial charge on any atom is -0.379 e. The molecule has 1 atom stereocenters. The van der Waals surface area contributed by atoms with Gasteiger partial charge in [-0.15, -0.1) is 0 Å². The predicted octanol–water partition coefficient (Wildman–Crippen LogP) is 0.314. The van der Waals surface area contributed by atoms with Crippen LogP contribution in [0.1, 0.15) is 6.42 Å². The average Bonchev–Trinajstić information content (AvgIpc) is 2.78. The number of rotatable bonds is 2. The first-order valence-corrected chi connectivity index (χ1v) is 6.59. The Balaban J connectivity index is 1.83. The molecule has 2 aliphatic rings. The lowest BCUT2D eigenvalue weighted by Gasteiger charge is -2.31. The number of ether oxygens (including phenoxy) is 1. The van der Waals surface area contributed by atoms with Crippen molar-refractivity contribution in [2.75, 3.05) is 44.7 Å². The first kappa shape index (κ1) is 11.4. The molecule has 0 aromatic heterocycles. The van der Waals surface area contributed by atoms with Gasteiger partial charge in [-0.2, -0.15) is 0 Å². The number of alkyl halides is 1. The van der Waals surface area contributed by atoms with Gasteiger partial charge < -0.3 is 9.64 Å². The van der Waals surface area contributed by atoms with Crippen molar-refractivity contribution in [2.45, 2.75) is 12.5 Å². The van der Waals surface area contributed by atoms with Crippen LogP contribution in [0.5, 0.6) is 0 Å². The molecule has 5 heteroatoms. The van der Waals surface area contributed by atoms with E-state index in [1.807, 2.05) is 4.90 Å². The molecular weight excluding hydrogens is 260 g/mol. The molecule has 1 amide bonds. The van der Waals surface area contributed by atoms with Crippen molar-refractivity contribution in [1.82, 2.24) is 9.80 Å². The van der Waals surface area contributed by atoms with Crippen LogP contribution < -0.4 is 0 Å². The van der Waals surface area contributed by atoms with Crippen LogP contribution in [0, 0.1) is 0 Å². The highest BCUT2D eigenvalue weighted by Crippen LogP contribution is 2.17. The van der Waals surface area contributed by atoms with Gasteiger partial charge in [0, 0.05) is 32.2 Å². The van der Waals surface area contributed by atoms with Crippen molar-refractivity contribution in [3.05, 3.63) is 0 Å². The topological polar surface area (TPSA) is 32.8 Å². The minimum atomic E-state index is 0.214. The highest BCUT2D eigenvalue weighted by Gasteiger charge is 2.30. The quantitative estimate of drug-likeness (QED) is 0.681.